The van der Waals surface area contributed by atoms with Gasteiger partial charge in [-0.2, -0.15) is 0 Å². The van der Waals surface area contributed by atoms with E-state index in [4.69, 9.17) is 10.4 Å². The largest absolute Gasteiger partial charge is 0.427 e. The number of rotatable bonds is 7. The highest BCUT2D eigenvalue weighted by atomic mass is 16.5. The molecule has 17 heavy (non-hydrogen) atoms. The Hall–Kier alpha value is -0.805. The number of nitrogens with zero attached hydrogens (tertiary/aromatic N) is 1. The van der Waals surface area contributed by atoms with Crippen molar-refractivity contribution >= 4 is 13.7 Å². The molecule has 0 aliphatic carbocycles. The van der Waals surface area contributed by atoms with Crippen LogP contribution in [0.2, 0.25) is 0 Å². The van der Waals surface area contributed by atoms with E-state index in [9.17, 15) is 5.11 Å². The van der Waals surface area contributed by atoms with Gasteiger partial charge in [-0.25, -0.2) is 0 Å². The van der Waals surface area contributed by atoms with E-state index in [1.54, 1.807) is 20.1 Å². The molecule has 1 radical (unpaired) electrons. The van der Waals surface area contributed by atoms with Gasteiger partial charge in [-0.3, -0.25) is 4.99 Å². The summed E-state index contributed by atoms with van der Waals surface area (Å²) in [6, 6.07) is 0. The quantitative estimate of drug-likeness (QED) is 0.522. The predicted octanol–water partition coefficient (Wildman–Crippen LogP) is 1.45. The molecule has 4 nitrogen and oxygen atoms in total. The lowest BCUT2D eigenvalue weighted by molar-refractivity contribution is -0.0895. The smallest absolute Gasteiger partial charge is 0.333 e. The van der Waals surface area contributed by atoms with Crippen LogP contribution >= 0.6 is 0 Å². The molecule has 0 fully saturated rings. The molecule has 0 aromatic heterocycles. The van der Waals surface area contributed by atoms with Crippen molar-refractivity contribution in [2.75, 3.05) is 6.54 Å². The number of hydrogen-bond acceptors (Lipinski definition) is 4. The molecule has 0 spiro atoms. The summed E-state index contributed by atoms with van der Waals surface area (Å²) in [4.78, 5) is 4.18. The molecular formula is C12H24BN2O2. The average molecular weight is 239 g/mol. The summed E-state index contributed by atoms with van der Waals surface area (Å²) < 4.78 is 5.56. The molecule has 97 valence electrons. The van der Waals surface area contributed by atoms with Crippen LogP contribution in [0.5, 0.6) is 0 Å². The Bertz CT molecular complexity index is 281. The average Bonchev–Trinajstić information content (AvgIpc) is 2.21. The van der Waals surface area contributed by atoms with Gasteiger partial charge >= 0.3 is 7.48 Å². The van der Waals surface area contributed by atoms with Gasteiger partial charge in [-0.05, 0) is 45.8 Å². The Morgan fingerprint density at radius 3 is 2.41 bits per heavy atom. The number of nitrogens with two attached hydrogens (primary N) is 1. The molecule has 0 rings (SSSR count). The lowest BCUT2D eigenvalue weighted by atomic mass is 9.83. The zero-order valence-electron chi connectivity index (χ0n) is 11.5. The van der Waals surface area contributed by atoms with E-state index in [0.717, 1.165) is 13.0 Å². The second-order valence-corrected chi connectivity index (χ2v) is 5.01. The lowest BCUT2D eigenvalue weighted by Crippen LogP contribution is -2.48. The van der Waals surface area contributed by atoms with Crippen molar-refractivity contribution in [3.05, 3.63) is 11.7 Å². The molecule has 0 aromatic rings. The summed E-state index contributed by atoms with van der Waals surface area (Å²) in [6.07, 6.45) is 4.09. The highest BCUT2D eigenvalue weighted by molar-refractivity contribution is 6.46. The van der Waals surface area contributed by atoms with Gasteiger partial charge in [0.15, 0.2) is 0 Å². The van der Waals surface area contributed by atoms with Crippen LogP contribution in [0.25, 0.3) is 0 Å². The standard InChI is InChI=1S/C12H24BN2O2/c1-6-7-15-9-10(8-14)13-17-12(4,5)11(2,3)16/h8-9,16H,6-7,14H2,1-5H3. The Morgan fingerprint density at radius 2 is 2.00 bits per heavy atom. The van der Waals surface area contributed by atoms with E-state index in [2.05, 4.69) is 11.9 Å². The Labute approximate surface area is 105 Å². The summed E-state index contributed by atoms with van der Waals surface area (Å²) in [5, 5.41) is 9.92. The summed E-state index contributed by atoms with van der Waals surface area (Å²) >= 11 is 0. The van der Waals surface area contributed by atoms with Crippen LogP contribution in [0.15, 0.2) is 16.7 Å². The van der Waals surface area contributed by atoms with Crippen molar-refractivity contribution in [2.45, 2.75) is 52.2 Å². The minimum Gasteiger partial charge on any atom is -0.427 e. The van der Waals surface area contributed by atoms with E-state index in [0.29, 0.717) is 5.47 Å². The fourth-order valence-corrected chi connectivity index (χ4v) is 0.771. The first-order chi connectivity index (χ1) is 7.74. The maximum Gasteiger partial charge on any atom is 0.333 e. The first-order valence-corrected chi connectivity index (χ1v) is 5.89. The van der Waals surface area contributed by atoms with Crippen LogP contribution in [0.4, 0.5) is 0 Å². The first-order valence-electron chi connectivity index (χ1n) is 5.89. The van der Waals surface area contributed by atoms with Crippen LogP contribution in [0, 0.1) is 0 Å². The van der Waals surface area contributed by atoms with Crippen LogP contribution in [-0.4, -0.2) is 36.6 Å². The molecule has 0 aliphatic rings. The Kier molecular flexibility index (Phi) is 6.49. The third kappa shape index (κ3) is 5.89. The third-order valence-electron chi connectivity index (χ3n) is 2.75. The van der Waals surface area contributed by atoms with Crippen molar-refractivity contribution in [2.24, 2.45) is 10.7 Å². The van der Waals surface area contributed by atoms with E-state index < -0.39 is 11.2 Å². The molecular weight excluding hydrogens is 215 g/mol. The van der Waals surface area contributed by atoms with Gasteiger partial charge < -0.3 is 15.5 Å². The summed E-state index contributed by atoms with van der Waals surface area (Å²) in [6.45, 7) is 9.87. The first kappa shape index (κ1) is 16.2. The topological polar surface area (TPSA) is 67.8 Å². The minimum atomic E-state index is -0.941. The number of hydrogen-bond donors (Lipinski definition) is 2. The molecule has 5 heteroatoms. The Morgan fingerprint density at radius 1 is 1.41 bits per heavy atom. The van der Waals surface area contributed by atoms with Crippen LogP contribution in [0.3, 0.4) is 0 Å². The molecule has 0 saturated heterocycles. The van der Waals surface area contributed by atoms with E-state index in [-0.39, 0.29) is 0 Å². The Balaban J connectivity index is 4.35. The van der Waals surface area contributed by atoms with E-state index in [1.165, 1.54) is 13.7 Å². The van der Waals surface area contributed by atoms with Gasteiger partial charge in [0.1, 0.15) is 0 Å². The zero-order valence-corrected chi connectivity index (χ0v) is 11.5. The molecule has 0 aromatic carbocycles. The van der Waals surface area contributed by atoms with Gasteiger partial charge in [0.25, 0.3) is 0 Å². The normalized spacial score (nSPS) is 14.4. The van der Waals surface area contributed by atoms with Crippen LogP contribution in [0.1, 0.15) is 41.0 Å². The molecule has 0 saturated carbocycles. The molecule has 0 heterocycles. The second-order valence-electron chi connectivity index (χ2n) is 5.01. The van der Waals surface area contributed by atoms with Crippen molar-refractivity contribution < 1.29 is 9.76 Å². The molecule has 0 atom stereocenters. The van der Waals surface area contributed by atoms with Gasteiger partial charge in [0.05, 0.1) is 11.2 Å². The fraction of sp³-hybridized carbons (Fsp3) is 0.750. The van der Waals surface area contributed by atoms with Crippen molar-refractivity contribution in [3.63, 3.8) is 0 Å². The zero-order chi connectivity index (χ0) is 13.5. The fourth-order valence-electron chi connectivity index (χ4n) is 0.771. The number of aliphatic hydroxyl groups is 1. The summed E-state index contributed by atoms with van der Waals surface area (Å²) in [7, 11) is 1.52. The predicted molar refractivity (Wildman–Crippen MR) is 73.1 cm³/mol. The maximum absolute atomic E-state index is 9.92. The molecule has 0 aliphatic heterocycles. The highest BCUT2D eigenvalue weighted by Gasteiger charge is 2.35. The van der Waals surface area contributed by atoms with E-state index >= 15 is 0 Å². The van der Waals surface area contributed by atoms with Gasteiger partial charge in [-0.1, -0.05) is 6.92 Å². The number of allylic oxidation sites excluding steroid dienone is 1. The van der Waals surface area contributed by atoms with Crippen LogP contribution < -0.4 is 5.73 Å². The van der Waals surface area contributed by atoms with Gasteiger partial charge in [0, 0.05) is 12.8 Å². The molecule has 0 bridgehead atoms. The van der Waals surface area contributed by atoms with Crippen molar-refractivity contribution in [1.82, 2.24) is 0 Å². The third-order valence-corrected chi connectivity index (χ3v) is 2.75. The summed E-state index contributed by atoms with van der Waals surface area (Å²) in [5.41, 5.74) is 4.52. The highest BCUT2D eigenvalue weighted by Crippen LogP contribution is 2.24. The molecule has 3 N–H and O–H groups in total. The van der Waals surface area contributed by atoms with Crippen molar-refractivity contribution in [1.29, 1.82) is 0 Å². The number of aliphatic imine (C=N–C) groups is 1. The summed E-state index contributed by atoms with van der Waals surface area (Å²) in [5.74, 6) is 0. The minimum absolute atomic E-state index is 0.691. The molecule has 0 amide bonds. The van der Waals surface area contributed by atoms with E-state index in [1.807, 2.05) is 13.8 Å². The van der Waals surface area contributed by atoms with Crippen LogP contribution in [-0.2, 0) is 4.65 Å². The lowest BCUT2D eigenvalue weighted by Gasteiger charge is -2.37. The van der Waals surface area contributed by atoms with Gasteiger partial charge in [-0.15, -0.1) is 0 Å². The molecule has 0 unspecified atom stereocenters. The monoisotopic (exact) mass is 239 g/mol. The maximum atomic E-state index is 9.92. The second kappa shape index (κ2) is 6.82. The SMILES string of the molecule is CCCN=CC([B]OC(C)(C)C(C)(C)O)=CN. The van der Waals surface area contributed by atoms with Crippen molar-refractivity contribution in [3.8, 4) is 0 Å². The van der Waals surface area contributed by atoms with Gasteiger partial charge in [0.2, 0.25) is 0 Å².